The van der Waals surface area contributed by atoms with E-state index < -0.39 is 12.6 Å². The quantitative estimate of drug-likeness (QED) is 0.574. The van der Waals surface area contributed by atoms with Gasteiger partial charge in [-0.25, -0.2) is 13.6 Å². The molecule has 3 nitrogen and oxygen atoms in total. The van der Waals surface area contributed by atoms with Crippen LogP contribution >= 0.6 is 0 Å². The van der Waals surface area contributed by atoms with Gasteiger partial charge < -0.3 is 9.84 Å². The molecule has 0 spiro atoms. The molecule has 0 heterocycles. The van der Waals surface area contributed by atoms with Gasteiger partial charge >= 0.3 is 5.97 Å². The highest BCUT2D eigenvalue weighted by atomic mass is 19.1. The van der Waals surface area contributed by atoms with E-state index in [0.717, 1.165) is 22.3 Å². The summed E-state index contributed by atoms with van der Waals surface area (Å²) in [5.41, 5.74) is 4.89. The zero-order valence-electron chi connectivity index (χ0n) is 16.3. The molecule has 0 amide bonds. The van der Waals surface area contributed by atoms with Gasteiger partial charge in [0, 0.05) is 0 Å². The number of ether oxygens (including phenoxy) is 1. The molecular weight excluding hydrogens is 374 g/mol. The van der Waals surface area contributed by atoms with E-state index in [9.17, 15) is 13.6 Å². The largest absolute Gasteiger partial charge is 0.482 e. The normalized spacial score (nSPS) is 10.8. The smallest absolute Gasteiger partial charge is 0.341 e. The Balaban J connectivity index is 1.83. The van der Waals surface area contributed by atoms with Crippen LogP contribution in [0.4, 0.5) is 8.78 Å². The van der Waals surface area contributed by atoms with Crippen molar-refractivity contribution in [2.24, 2.45) is 0 Å². The molecule has 0 atom stereocenters. The van der Waals surface area contributed by atoms with Gasteiger partial charge in [0.25, 0.3) is 0 Å². The molecule has 29 heavy (non-hydrogen) atoms. The molecule has 3 rings (SSSR count). The molecule has 0 aliphatic heterocycles. The van der Waals surface area contributed by atoms with Crippen LogP contribution in [0.1, 0.15) is 22.3 Å². The topological polar surface area (TPSA) is 46.5 Å². The average molecular weight is 396 g/mol. The molecule has 1 N–H and O–H groups in total. The van der Waals surface area contributed by atoms with E-state index in [1.165, 1.54) is 18.2 Å². The summed E-state index contributed by atoms with van der Waals surface area (Å²) in [5, 5.41) is 8.82. The fourth-order valence-electron chi connectivity index (χ4n) is 3.42. The Hall–Kier alpha value is -3.21. The van der Waals surface area contributed by atoms with E-state index in [2.05, 4.69) is 0 Å². The Kier molecular flexibility index (Phi) is 6.27. The lowest BCUT2D eigenvalue weighted by Gasteiger charge is -2.15. The molecule has 0 saturated heterocycles. The number of aryl methyl sites for hydroxylation is 2. The molecular formula is C24H22F2O3. The molecule has 0 saturated carbocycles. The van der Waals surface area contributed by atoms with Crippen LogP contribution in [-0.4, -0.2) is 17.7 Å². The summed E-state index contributed by atoms with van der Waals surface area (Å²) in [4.78, 5) is 10.8. The third kappa shape index (κ3) is 4.99. The Morgan fingerprint density at radius 2 is 1.72 bits per heavy atom. The SMILES string of the molecule is Cc1ccc(OCC(=O)O)c(C)c1CCc1cc(-c2cccc(F)c2)ccc1F. The number of hydrogen-bond donors (Lipinski definition) is 1. The number of aliphatic carboxylic acids is 1. The summed E-state index contributed by atoms with van der Waals surface area (Å²) in [6.07, 6.45) is 1.03. The Morgan fingerprint density at radius 1 is 0.966 bits per heavy atom. The minimum Gasteiger partial charge on any atom is -0.482 e. The minimum absolute atomic E-state index is 0.307. The maximum Gasteiger partial charge on any atom is 0.341 e. The van der Waals surface area contributed by atoms with Gasteiger partial charge in [-0.1, -0.05) is 24.3 Å². The van der Waals surface area contributed by atoms with Gasteiger partial charge in [-0.3, -0.25) is 0 Å². The summed E-state index contributed by atoms with van der Waals surface area (Å²) >= 11 is 0. The number of carbonyl (C=O) groups is 1. The molecule has 3 aromatic rings. The Morgan fingerprint density at radius 3 is 2.45 bits per heavy atom. The number of rotatable bonds is 7. The Bertz CT molecular complexity index is 1040. The van der Waals surface area contributed by atoms with Crippen molar-refractivity contribution in [1.29, 1.82) is 0 Å². The van der Waals surface area contributed by atoms with E-state index in [0.29, 0.717) is 29.7 Å². The van der Waals surface area contributed by atoms with Gasteiger partial charge in [0.2, 0.25) is 0 Å². The molecule has 0 fully saturated rings. The number of carboxylic acids is 1. The summed E-state index contributed by atoms with van der Waals surface area (Å²) in [6, 6.07) is 14.6. The van der Waals surface area contributed by atoms with Crippen LogP contribution < -0.4 is 4.74 Å². The predicted octanol–water partition coefficient (Wildman–Crippen LogP) is 5.50. The maximum atomic E-state index is 14.4. The van der Waals surface area contributed by atoms with Crippen LogP contribution in [0.3, 0.4) is 0 Å². The number of halogens is 2. The van der Waals surface area contributed by atoms with E-state index in [1.807, 2.05) is 19.9 Å². The first kappa shape index (κ1) is 20.5. The van der Waals surface area contributed by atoms with Crippen molar-refractivity contribution < 1.29 is 23.4 Å². The van der Waals surface area contributed by atoms with Crippen molar-refractivity contribution in [3.8, 4) is 16.9 Å². The van der Waals surface area contributed by atoms with Crippen LogP contribution in [-0.2, 0) is 17.6 Å². The second-order valence-corrected chi connectivity index (χ2v) is 6.98. The van der Waals surface area contributed by atoms with Crippen LogP contribution in [0, 0.1) is 25.5 Å². The highest BCUT2D eigenvalue weighted by molar-refractivity contribution is 5.68. The standard InChI is InChI=1S/C24H22F2O3/c1-15-6-11-23(29-14-24(27)28)16(2)21(15)9-7-19-12-18(8-10-22(19)26)17-4-3-5-20(25)13-17/h3-6,8,10-13H,7,9,14H2,1-2H3,(H,27,28). The monoisotopic (exact) mass is 396 g/mol. The average Bonchev–Trinajstić information content (AvgIpc) is 2.68. The van der Waals surface area contributed by atoms with Crippen LogP contribution in [0.25, 0.3) is 11.1 Å². The molecule has 5 heteroatoms. The number of benzene rings is 3. The lowest BCUT2D eigenvalue weighted by molar-refractivity contribution is -0.139. The summed E-state index contributed by atoms with van der Waals surface area (Å²) in [6.45, 7) is 3.43. The molecule has 0 aliphatic rings. The van der Waals surface area contributed by atoms with Gasteiger partial charge in [0.1, 0.15) is 17.4 Å². The zero-order valence-corrected chi connectivity index (χ0v) is 16.3. The van der Waals surface area contributed by atoms with E-state index >= 15 is 0 Å². The van der Waals surface area contributed by atoms with Crippen molar-refractivity contribution in [1.82, 2.24) is 0 Å². The van der Waals surface area contributed by atoms with E-state index in [4.69, 9.17) is 9.84 Å². The maximum absolute atomic E-state index is 14.4. The van der Waals surface area contributed by atoms with Crippen molar-refractivity contribution in [2.45, 2.75) is 26.7 Å². The van der Waals surface area contributed by atoms with Crippen LogP contribution in [0.15, 0.2) is 54.6 Å². The van der Waals surface area contributed by atoms with Crippen molar-refractivity contribution >= 4 is 5.97 Å². The second-order valence-electron chi connectivity index (χ2n) is 6.98. The van der Waals surface area contributed by atoms with E-state index in [-0.39, 0.29) is 11.6 Å². The third-order valence-corrected chi connectivity index (χ3v) is 4.98. The molecule has 0 bridgehead atoms. The van der Waals surface area contributed by atoms with Crippen molar-refractivity contribution in [3.63, 3.8) is 0 Å². The highest BCUT2D eigenvalue weighted by Gasteiger charge is 2.12. The molecule has 3 aromatic carbocycles. The van der Waals surface area contributed by atoms with Gasteiger partial charge in [0.05, 0.1) is 0 Å². The molecule has 150 valence electrons. The first-order valence-corrected chi connectivity index (χ1v) is 9.33. The predicted molar refractivity (Wildman–Crippen MR) is 108 cm³/mol. The molecule has 0 aromatic heterocycles. The second kappa shape index (κ2) is 8.86. The highest BCUT2D eigenvalue weighted by Crippen LogP contribution is 2.28. The summed E-state index contributed by atoms with van der Waals surface area (Å²) < 4.78 is 33.3. The van der Waals surface area contributed by atoms with Gasteiger partial charge in [-0.05, 0) is 90.4 Å². The number of carboxylic acid groups (broad SMARTS) is 1. The lowest BCUT2D eigenvalue weighted by atomic mass is 9.94. The zero-order chi connectivity index (χ0) is 21.0. The first-order valence-electron chi connectivity index (χ1n) is 9.33. The Labute approximate surface area is 168 Å². The number of hydrogen-bond acceptors (Lipinski definition) is 2. The van der Waals surface area contributed by atoms with Gasteiger partial charge in [-0.15, -0.1) is 0 Å². The first-order chi connectivity index (χ1) is 13.8. The van der Waals surface area contributed by atoms with Crippen molar-refractivity contribution in [2.75, 3.05) is 6.61 Å². The molecule has 0 unspecified atom stereocenters. The molecule has 0 aliphatic carbocycles. The lowest BCUT2D eigenvalue weighted by Crippen LogP contribution is -2.11. The minimum atomic E-state index is -1.04. The van der Waals surface area contributed by atoms with Crippen molar-refractivity contribution in [3.05, 3.63) is 88.5 Å². The van der Waals surface area contributed by atoms with Gasteiger partial charge in [-0.2, -0.15) is 0 Å². The van der Waals surface area contributed by atoms with Crippen LogP contribution in [0.2, 0.25) is 0 Å². The third-order valence-electron chi connectivity index (χ3n) is 4.98. The van der Waals surface area contributed by atoms with E-state index in [1.54, 1.807) is 30.3 Å². The fourth-order valence-corrected chi connectivity index (χ4v) is 3.42. The van der Waals surface area contributed by atoms with Crippen LogP contribution in [0.5, 0.6) is 5.75 Å². The fraction of sp³-hybridized carbons (Fsp3) is 0.208. The summed E-state index contributed by atoms with van der Waals surface area (Å²) in [7, 11) is 0. The summed E-state index contributed by atoms with van der Waals surface area (Å²) in [5.74, 6) is -1.17. The molecule has 0 radical (unpaired) electrons. The van der Waals surface area contributed by atoms with Gasteiger partial charge in [0.15, 0.2) is 6.61 Å².